The van der Waals surface area contributed by atoms with Crippen LogP contribution in [0.4, 0.5) is 0 Å². The van der Waals surface area contributed by atoms with E-state index in [9.17, 15) is 0 Å². The van der Waals surface area contributed by atoms with Gasteiger partial charge < -0.3 is 4.74 Å². The third-order valence-electron chi connectivity index (χ3n) is 4.59. The number of halogens is 1. The van der Waals surface area contributed by atoms with Crippen molar-refractivity contribution in [2.24, 2.45) is 5.41 Å². The maximum Gasteiger partial charge on any atom is 0.120 e. The van der Waals surface area contributed by atoms with Gasteiger partial charge in [-0.3, -0.25) is 0 Å². The van der Waals surface area contributed by atoms with Crippen LogP contribution in [0.3, 0.4) is 0 Å². The molecule has 0 bridgehead atoms. The largest absolute Gasteiger partial charge is 0.490 e. The van der Waals surface area contributed by atoms with Gasteiger partial charge in [0.2, 0.25) is 0 Å². The van der Waals surface area contributed by atoms with Crippen LogP contribution in [-0.4, -0.2) is 10.9 Å². The van der Waals surface area contributed by atoms with Crippen molar-refractivity contribution in [3.8, 4) is 5.75 Å². The first-order valence-electron chi connectivity index (χ1n) is 7.06. The number of benzene rings is 1. The quantitative estimate of drug-likeness (QED) is 0.698. The first-order valence-corrected chi connectivity index (χ1v) is 7.97. The maximum absolute atomic E-state index is 6.23. The van der Waals surface area contributed by atoms with E-state index in [1.54, 1.807) is 0 Å². The van der Waals surface area contributed by atoms with E-state index in [1.807, 2.05) is 0 Å². The lowest BCUT2D eigenvalue weighted by atomic mass is 9.62. The van der Waals surface area contributed by atoms with Gasteiger partial charge in [0, 0.05) is 10.2 Å². The first kappa shape index (κ1) is 13.9. The van der Waals surface area contributed by atoms with Crippen LogP contribution >= 0.6 is 15.9 Å². The van der Waals surface area contributed by atoms with E-state index in [0.29, 0.717) is 16.3 Å². The molecule has 0 N–H and O–H groups in total. The monoisotopic (exact) mass is 310 g/mol. The number of aryl methyl sites for hydroxylation is 1. The summed E-state index contributed by atoms with van der Waals surface area (Å²) in [6, 6.07) is 8.51. The summed E-state index contributed by atoms with van der Waals surface area (Å²) in [5.74, 6) is 1.03. The van der Waals surface area contributed by atoms with Crippen molar-refractivity contribution < 1.29 is 4.74 Å². The Balaban J connectivity index is 2.10. The smallest absolute Gasteiger partial charge is 0.120 e. The predicted molar refractivity (Wildman–Crippen MR) is 80.6 cm³/mol. The molecule has 0 spiro atoms. The summed E-state index contributed by atoms with van der Waals surface area (Å²) in [6.07, 6.45) is 4.91. The third-order valence-corrected chi connectivity index (χ3v) is 5.87. The molecule has 2 atom stereocenters. The molecule has 1 fully saturated rings. The van der Waals surface area contributed by atoms with E-state index in [1.165, 1.54) is 18.4 Å². The topological polar surface area (TPSA) is 9.23 Å². The fourth-order valence-electron chi connectivity index (χ4n) is 3.02. The van der Waals surface area contributed by atoms with E-state index in [4.69, 9.17) is 4.74 Å². The number of hydrogen-bond donors (Lipinski definition) is 0. The highest BCUT2D eigenvalue weighted by molar-refractivity contribution is 9.09. The molecule has 0 saturated heterocycles. The zero-order chi connectivity index (χ0) is 13.2. The van der Waals surface area contributed by atoms with Crippen molar-refractivity contribution in [2.45, 2.75) is 57.4 Å². The average molecular weight is 311 g/mol. The van der Waals surface area contributed by atoms with Crippen LogP contribution in [0, 0.1) is 5.41 Å². The second-order valence-corrected chi connectivity index (χ2v) is 6.36. The van der Waals surface area contributed by atoms with Crippen LogP contribution in [0.15, 0.2) is 24.3 Å². The van der Waals surface area contributed by atoms with Crippen molar-refractivity contribution >= 4 is 15.9 Å². The van der Waals surface area contributed by atoms with Gasteiger partial charge in [0.25, 0.3) is 0 Å². The Morgan fingerprint density at radius 1 is 1.28 bits per heavy atom. The summed E-state index contributed by atoms with van der Waals surface area (Å²) < 4.78 is 6.23. The van der Waals surface area contributed by atoms with E-state index in [0.717, 1.165) is 18.6 Å². The Labute approximate surface area is 119 Å². The van der Waals surface area contributed by atoms with Gasteiger partial charge in [0.05, 0.1) is 0 Å². The number of ether oxygens (including phenoxy) is 1. The highest BCUT2D eigenvalue weighted by atomic mass is 79.9. The zero-order valence-electron chi connectivity index (χ0n) is 11.6. The molecule has 1 nitrogen and oxygen atoms in total. The molecule has 1 aromatic carbocycles. The second-order valence-electron chi connectivity index (χ2n) is 5.25. The molecule has 1 saturated carbocycles. The first-order chi connectivity index (χ1) is 8.66. The van der Waals surface area contributed by atoms with Gasteiger partial charge in [-0.2, -0.15) is 0 Å². The Hall–Kier alpha value is -0.500. The zero-order valence-corrected chi connectivity index (χ0v) is 13.2. The molecular formula is C16H23BrO. The molecule has 2 heteroatoms. The molecule has 18 heavy (non-hydrogen) atoms. The molecular weight excluding hydrogens is 288 g/mol. The van der Waals surface area contributed by atoms with E-state index in [-0.39, 0.29) is 0 Å². The molecule has 0 aliphatic heterocycles. The summed E-state index contributed by atoms with van der Waals surface area (Å²) >= 11 is 3.81. The Bertz CT molecular complexity index is 398. The van der Waals surface area contributed by atoms with Gasteiger partial charge in [-0.15, -0.1) is 0 Å². The minimum absolute atomic E-state index is 0.322. The molecule has 0 heterocycles. The molecule has 2 unspecified atom stereocenters. The molecule has 1 aliphatic carbocycles. The fourth-order valence-corrected chi connectivity index (χ4v) is 4.30. The van der Waals surface area contributed by atoms with E-state index in [2.05, 4.69) is 61.0 Å². The van der Waals surface area contributed by atoms with Crippen molar-refractivity contribution in [3.05, 3.63) is 29.8 Å². The average Bonchev–Trinajstić information content (AvgIpc) is 2.40. The standard InChI is InChI=1S/C16H23BrO/c1-4-12-8-7-9-13(10-12)18-15-11-14(17)16(15,5-2)6-3/h7-10,14-15H,4-6,11H2,1-3H3. The molecule has 0 amide bonds. The number of hydrogen-bond acceptors (Lipinski definition) is 1. The van der Waals surface area contributed by atoms with Gasteiger partial charge in [-0.05, 0) is 43.4 Å². The number of rotatable bonds is 5. The van der Waals surface area contributed by atoms with Gasteiger partial charge in [-0.25, -0.2) is 0 Å². The molecule has 1 aromatic rings. The van der Waals surface area contributed by atoms with Crippen LogP contribution in [0.5, 0.6) is 5.75 Å². The Morgan fingerprint density at radius 2 is 2.00 bits per heavy atom. The number of alkyl halides is 1. The summed E-state index contributed by atoms with van der Waals surface area (Å²) in [5, 5.41) is 0. The second kappa shape index (κ2) is 5.64. The summed E-state index contributed by atoms with van der Waals surface area (Å²) in [5.41, 5.74) is 1.67. The highest BCUT2D eigenvalue weighted by Crippen LogP contribution is 2.52. The van der Waals surface area contributed by atoms with Gasteiger partial charge >= 0.3 is 0 Å². The van der Waals surface area contributed by atoms with Gasteiger partial charge in [0.15, 0.2) is 0 Å². The van der Waals surface area contributed by atoms with Crippen molar-refractivity contribution in [3.63, 3.8) is 0 Å². The molecule has 1 aliphatic rings. The Morgan fingerprint density at radius 3 is 2.56 bits per heavy atom. The SMILES string of the molecule is CCc1cccc(OC2CC(Br)C2(CC)CC)c1. The van der Waals surface area contributed by atoms with Crippen molar-refractivity contribution in [1.29, 1.82) is 0 Å². The molecule has 100 valence electrons. The minimum atomic E-state index is 0.322. The van der Waals surface area contributed by atoms with Gasteiger partial charge in [0.1, 0.15) is 11.9 Å². The maximum atomic E-state index is 6.23. The van der Waals surface area contributed by atoms with E-state index >= 15 is 0 Å². The molecule has 2 rings (SSSR count). The van der Waals surface area contributed by atoms with Crippen molar-refractivity contribution in [1.82, 2.24) is 0 Å². The third kappa shape index (κ3) is 2.32. The Kier molecular flexibility index (Phi) is 4.37. The highest BCUT2D eigenvalue weighted by Gasteiger charge is 2.53. The normalized spacial score (nSPS) is 25.6. The predicted octanol–water partition coefficient (Wildman–Crippen LogP) is 4.97. The van der Waals surface area contributed by atoms with Crippen molar-refractivity contribution in [2.75, 3.05) is 0 Å². The lowest BCUT2D eigenvalue weighted by Crippen LogP contribution is -2.56. The summed E-state index contributed by atoms with van der Waals surface area (Å²) in [6.45, 7) is 6.73. The molecule has 0 aromatic heterocycles. The molecule has 0 radical (unpaired) electrons. The minimum Gasteiger partial charge on any atom is -0.490 e. The lowest BCUT2D eigenvalue weighted by Gasteiger charge is -2.52. The van der Waals surface area contributed by atoms with Crippen LogP contribution in [0.2, 0.25) is 0 Å². The lowest BCUT2D eigenvalue weighted by molar-refractivity contribution is -0.0411. The van der Waals surface area contributed by atoms with Crippen LogP contribution in [-0.2, 0) is 6.42 Å². The summed E-state index contributed by atoms with van der Waals surface area (Å²) in [4.78, 5) is 0.611. The van der Waals surface area contributed by atoms with Crippen LogP contribution in [0.1, 0.15) is 45.6 Å². The summed E-state index contributed by atoms with van der Waals surface area (Å²) in [7, 11) is 0. The van der Waals surface area contributed by atoms with Crippen LogP contribution < -0.4 is 4.74 Å². The fraction of sp³-hybridized carbons (Fsp3) is 0.625. The van der Waals surface area contributed by atoms with E-state index < -0.39 is 0 Å². The van der Waals surface area contributed by atoms with Gasteiger partial charge in [-0.1, -0.05) is 48.8 Å². The van der Waals surface area contributed by atoms with Crippen LogP contribution in [0.25, 0.3) is 0 Å².